The van der Waals surface area contributed by atoms with E-state index in [1.165, 1.54) is 18.2 Å². The lowest BCUT2D eigenvalue weighted by Crippen LogP contribution is -2.47. The van der Waals surface area contributed by atoms with Crippen LogP contribution < -0.4 is 16.8 Å². The number of nitrogens with two attached hydrogens (primary N) is 2. The zero-order valence-corrected chi connectivity index (χ0v) is 11.1. The van der Waals surface area contributed by atoms with Gasteiger partial charge in [0.2, 0.25) is 5.91 Å². The largest absolute Gasteiger partial charge is 0.393 e. The van der Waals surface area contributed by atoms with Gasteiger partial charge in [0.15, 0.2) is 0 Å². The van der Waals surface area contributed by atoms with Gasteiger partial charge in [-0.3, -0.25) is 19.7 Å². The van der Waals surface area contributed by atoms with Crippen LogP contribution in [0.5, 0.6) is 0 Å². The number of nitrogens with one attached hydrogen (secondary N) is 1. The van der Waals surface area contributed by atoms with E-state index in [9.17, 15) is 19.7 Å². The van der Waals surface area contributed by atoms with Crippen LogP contribution in [0.1, 0.15) is 24.2 Å². The Kier molecular flexibility index (Phi) is 4.63. The van der Waals surface area contributed by atoms with Crippen LogP contribution in [-0.4, -0.2) is 22.8 Å². The lowest BCUT2D eigenvalue weighted by atomic mass is 10.0. The molecule has 0 radical (unpaired) electrons. The SMILES string of the molecule is CC(C)C(NC(=O)c1cccc([N+](=O)[O-])c1N)C(N)=O. The van der Waals surface area contributed by atoms with Crippen molar-refractivity contribution in [1.29, 1.82) is 0 Å². The molecule has 0 heterocycles. The van der Waals surface area contributed by atoms with Crippen LogP contribution >= 0.6 is 0 Å². The monoisotopic (exact) mass is 280 g/mol. The number of hydrogen-bond donors (Lipinski definition) is 3. The fourth-order valence-electron chi connectivity index (χ4n) is 1.70. The minimum atomic E-state index is -0.874. The Hall–Kier alpha value is -2.64. The first-order valence-electron chi connectivity index (χ1n) is 5.88. The van der Waals surface area contributed by atoms with Crippen LogP contribution in [0.2, 0.25) is 0 Å². The zero-order valence-electron chi connectivity index (χ0n) is 11.1. The smallest absolute Gasteiger partial charge is 0.292 e. The van der Waals surface area contributed by atoms with Crippen LogP contribution in [0, 0.1) is 16.0 Å². The van der Waals surface area contributed by atoms with E-state index in [1.807, 2.05) is 0 Å². The summed E-state index contributed by atoms with van der Waals surface area (Å²) in [6.07, 6.45) is 0. The molecule has 8 heteroatoms. The van der Waals surface area contributed by atoms with Gasteiger partial charge in [0.1, 0.15) is 11.7 Å². The van der Waals surface area contributed by atoms with E-state index in [1.54, 1.807) is 13.8 Å². The second-order valence-electron chi connectivity index (χ2n) is 4.59. The van der Waals surface area contributed by atoms with Gasteiger partial charge in [-0.25, -0.2) is 0 Å². The van der Waals surface area contributed by atoms with Gasteiger partial charge in [-0.1, -0.05) is 19.9 Å². The average Bonchev–Trinajstić information content (AvgIpc) is 2.34. The van der Waals surface area contributed by atoms with Crippen molar-refractivity contribution in [3.8, 4) is 0 Å². The van der Waals surface area contributed by atoms with Crippen molar-refractivity contribution in [3.63, 3.8) is 0 Å². The quantitative estimate of drug-likeness (QED) is 0.407. The van der Waals surface area contributed by atoms with Crippen LogP contribution in [-0.2, 0) is 4.79 Å². The third-order valence-corrected chi connectivity index (χ3v) is 2.78. The van der Waals surface area contributed by atoms with Crippen molar-refractivity contribution in [2.24, 2.45) is 11.7 Å². The number of nitrogens with zero attached hydrogens (tertiary/aromatic N) is 1. The van der Waals surface area contributed by atoms with E-state index in [2.05, 4.69) is 5.32 Å². The Bertz CT molecular complexity index is 556. The lowest BCUT2D eigenvalue weighted by Gasteiger charge is -2.19. The number of hydrogen-bond acceptors (Lipinski definition) is 5. The number of nitro groups is 1. The molecule has 0 aliphatic heterocycles. The summed E-state index contributed by atoms with van der Waals surface area (Å²) in [6, 6.07) is 3.01. The molecule has 5 N–H and O–H groups in total. The fraction of sp³-hybridized carbons (Fsp3) is 0.333. The van der Waals surface area contributed by atoms with Gasteiger partial charge in [-0.05, 0) is 12.0 Å². The van der Waals surface area contributed by atoms with Gasteiger partial charge in [0.25, 0.3) is 11.6 Å². The van der Waals surface area contributed by atoms with Gasteiger partial charge in [0, 0.05) is 6.07 Å². The summed E-state index contributed by atoms with van der Waals surface area (Å²) >= 11 is 0. The summed E-state index contributed by atoms with van der Waals surface area (Å²) in [6.45, 7) is 3.43. The summed E-state index contributed by atoms with van der Waals surface area (Å²) < 4.78 is 0. The van der Waals surface area contributed by atoms with E-state index in [-0.39, 0.29) is 22.9 Å². The molecule has 1 unspecified atom stereocenters. The van der Waals surface area contributed by atoms with Gasteiger partial charge in [0.05, 0.1) is 10.5 Å². The number of anilines is 1. The van der Waals surface area contributed by atoms with Crippen molar-refractivity contribution in [2.75, 3.05) is 5.73 Å². The van der Waals surface area contributed by atoms with Crippen LogP contribution in [0.25, 0.3) is 0 Å². The Labute approximate surface area is 115 Å². The molecule has 8 nitrogen and oxygen atoms in total. The molecule has 20 heavy (non-hydrogen) atoms. The molecule has 0 fully saturated rings. The van der Waals surface area contributed by atoms with Gasteiger partial charge >= 0.3 is 0 Å². The minimum Gasteiger partial charge on any atom is -0.393 e. The Morgan fingerprint density at radius 1 is 1.35 bits per heavy atom. The van der Waals surface area contributed by atoms with E-state index in [4.69, 9.17) is 11.5 Å². The third-order valence-electron chi connectivity index (χ3n) is 2.78. The highest BCUT2D eigenvalue weighted by Crippen LogP contribution is 2.24. The Morgan fingerprint density at radius 3 is 2.40 bits per heavy atom. The molecule has 1 aromatic rings. The van der Waals surface area contributed by atoms with E-state index in [0.717, 1.165) is 0 Å². The van der Waals surface area contributed by atoms with Crippen molar-refractivity contribution < 1.29 is 14.5 Å². The maximum absolute atomic E-state index is 12.0. The molecule has 0 saturated heterocycles. The molecule has 0 spiro atoms. The fourth-order valence-corrected chi connectivity index (χ4v) is 1.70. The van der Waals surface area contributed by atoms with Crippen molar-refractivity contribution >= 4 is 23.2 Å². The first kappa shape index (κ1) is 15.4. The van der Waals surface area contributed by atoms with E-state index < -0.39 is 22.8 Å². The number of nitro benzene ring substituents is 1. The number of amides is 2. The molecule has 1 atom stereocenters. The molecule has 108 valence electrons. The third kappa shape index (κ3) is 3.22. The van der Waals surface area contributed by atoms with Gasteiger partial charge < -0.3 is 16.8 Å². The second kappa shape index (κ2) is 6.00. The highest BCUT2D eigenvalue weighted by Gasteiger charge is 2.25. The predicted molar refractivity (Wildman–Crippen MR) is 72.8 cm³/mol. The van der Waals surface area contributed by atoms with Gasteiger partial charge in [-0.2, -0.15) is 0 Å². The maximum Gasteiger partial charge on any atom is 0.292 e. The number of primary amides is 1. The molecule has 2 amide bonds. The average molecular weight is 280 g/mol. The van der Waals surface area contributed by atoms with Crippen LogP contribution in [0.3, 0.4) is 0 Å². The molecule has 1 aromatic carbocycles. The highest BCUT2D eigenvalue weighted by molar-refractivity contribution is 6.02. The van der Waals surface area contributed by atoms with Gasteiger partial charge in [-0.15, -0.1) is 0 Å². The van der Waals surface area contributed by atoms with Crippen LogP contribution in [0.4, 0.5) is 11.4 Å². The normalized spacial score (nSPS) is 11.9. The molecule has 0 aliphatic carbocycles. The van der Waals surface area contributed by atoms with Crippen molar-refractivity contribution in [2.45, 2.75) is 19.9 Å². The second-order valence-corrected chi connectivity index (χ2v) is 4.59. The van der Waals surface area contributed by atoms with E-state index >= 15 is 0 Å². The molecule has 0 saturated carbocycles. The zero-order chi connectivity index (χ0) is 15.4. The summed E-state index contributed by atoms with van der Waals surface area (Å²) in [4.78, 5) is 33.3. The molecule has 1 rings (SSSR count). The molecule has 0 aliphatic rings. The summed E-state index contributed by atoms with van der Waals surface area (Å²) in [5.74, 6) is -1.57. The topological polar surface area (TPSA) is 141 Å². The first-order valence-corrected chi connectivity index (χ1v) is 5.88. The minimum absolute atomic E-state index is 0.0638. The number of carbonyl (C=O) groups is 2. The molecule has 0 bridgehead atoms. The maximum atomic E-state index is 12.0. The number of para-hydroxylation sites is 1. The number of benzene rings is 1. The van der Waals surface area contributed by atoms with Crippen molar-refractivity contribution in [3.05, 3.63) is 33.9 Å². The molecular formula is C12H16N4O4. The standard InChI is InChI=1S/C12H16N4O4/c1-6(2)10(11(14)17)15-12(18)7-4-3-5-8(9(7)13)16(19)20/h3-6,10H,13H2,1-2H3,(H2,14,17)(H,15,18). The highest BCUT2D eigenvalue weighted by atomic mass is 16.6. The Balaban J connectivity index is 3.07. The molecule has 0 aromatic heterocycles. The summed E-state index contributed by atoms with van der Waals surface area (Å²) in [5.41, 5.74) is 10.1. The molecular weight excluding hydrogens is 264 g/mol. The first-order chi connectivity index (χ1) is 9.25. The number of rotatable bonds is 5. The van der Waals surface area contributed by atoms with Crippen molar-refractivity contribution in [1.82, 2.24) is 5.32 Å². The van der Waals surface area contributed by atoms with Crippen LogP contribution in [0.15, 0.2) is 18.2 Å². The number of nitrogen functional groups attached to an aromatic ring is 1. The van der Waals surface area contributed by atoms with E-state index in [0.29, 0.717) is 0 Å². The predicted octanol–water partition coefficient (Wildman–Crippen LogP) is 0.417. The number of carbonyl (C=O) groups excluding carboxylic acids is 2. The summed E-state index contributed by atoms with van der Waals surface area (Å²) in [5, 5.41) is 13.2. The lowest BCUT2D eigenvalue weighted by molar-refractivity contribution is -0.383. The Morgan fingerprint density at radius 2 is 1.95 bits per heavy atom. The summed E-state index contributed by atoms with van der Waals surface area (Å²) in [7, 11) is 0.